The topological polar surface area (TPSA) is 3.24 Å². The van der Waals surface area contributed by atoms with Gasteiger partial charge in [0.1, 0.15) is 5.41 Å². The molecule has 1 aliphatic heterocycles. The zero-order valence-corrected chi connectivity index (χ0v) is 15.5. The van der Waals surface area contributed by atoms with E-state index in [1.54, 1.807) is 42.5 Å². The highest BCUT2D eigenvalue weighted by atomic mass is 35.5. The number of hydrogen-bond acceptors (Lipinski definition) is 1. The third-order valence-corrected chi connectivity index (χ3v) is 5.56. The van der Waals surface area contributed by atoms with Gasteiger partial charge in [0.05, 0.1) is 6.04 Å². The van der Waals surface area contributed by atoms with E-state index >= 15 is 0 Å². The molecule has 27 heavy (non-hydrogen) atoms. The molecule has 2 aliphatic rings. The van der Waals surface area contributed by atoms with Gasteiger partial charge in [0.25, 0.3) is 0 Å². The minimum absolute atomic E-state index is 0. The van der Waals surface area contributed by atoms with Crippen molar-refractivity contribution >= 4 is 12.4 Å². The summed E-state index contributed by atoms with van der Waals surface area (Å²) in [7, 11) is 0. The molecule has 2 unspecified atom stereocenters. The molecule has 1 nitrogen and oxygen atoms in total. The van der Waals surface area contributed by atoms with Crippen LogP contribution in [0.1, 0.15) is 35.6 Å². The quantitative estimate of drug-likeness (QED) is 0.591. The fourth-order valence-corrected chi connectivity index (χ4v) is 4.36. The second-order valence-corrected chi connectivity index (χ2v) is 6.88. The van der Waals surface area contributed by atoms with Crippen molar-refractivity contribution in [2.75, 3.05) is 6.54 Å². The standard InChI is InChI=1S/C22H20F3N.ClH/c23-22(24,25)21(17-9-3-1-4-10-17)14-13-20(26-15-7-2-8-16-26)18-11-5-6-12-19(18)21;/h1-12,15,20H,13-14,16H2;1H. The number of rotatable bonds is 2. The van der Waals surface area contributed by atoms with E-state index in [1.165, 1.54) is 0 Å². The summed E-state index contributed by atoms with van der Waals surface area (Å²) in [6.45, 7) is 0.722. The molecule has 0 amide bonds. The van der Waals surface area contributed by atoms with Gasteiger partial charge in [0.2, 0.25) is 0 Å². The van der Waals surface area contributed by atoms with E-state index in [9.17, 15) is 13.2 Å². The molecule has 0 N–H and O–H groups in total. The number of alkyl halides is 3. The molecule has 2 aromatic rings. The Bertz CT molecular complexity index is 844. The lowest BCUT2D eigenvalue weighted by molar-refractivity contribution is -0.183. The highest BCUT2D eigenvalue weighted by Gasteiger charge is 2.59. The average molecular weight is 392 g/mol. The summed E-state index contributed by atoms with van der Waals surface area (Å²) < 4.78 is 43.5. The van der Waals surface area contributed by atoms with Gasteiger partial charge in [-0.25, -0.2) is 0 Å². The van der Waals surface area contributed by atoms with Gasteiger partial charge in [0, 0.05) is 6.54 Å². The molecule has 0 radical (unpaired) electrons. The van der Waals surface area contributed by atoms with E-state index in [2.05, 4.69) is 4.90 Å². The van der Waals surface area contributed by atoms with Gasteiger partial charge in [-0.2, -0.15) is 13.2 Å². The summed E-state index contributed by atoms with van der Waals surface area (Å²) in [6.07, 6.45) is 4.08. The van der Waals surface area contributed by atoms with E-state index < -0.39 is 11.6 Å². The van der Waals surface area contributed by atoms with Crippen LogP contribution in [0.15, 0.2) is 79.0 Å². The maximum Gasteiger partial charge on any atom is 0.402 e. The van der Waals surface area contributed by atoms with Gasteiger partial charge in [-0.3, -0.25) is 0 Å². The second kappa shape index (κ2) is 7.43. The fourth-order valence-electron chi connectivity index (χ4n) is 4.36. The van der Waals surface area contributed by atoms with Crippen molar-refractivity contribution in [3.63, 3.8) is 0 Å². The third-order valence-electron chi connectivity index (χ3n) is 5.56. The Hall–Kier alpha value is -2.20. The van der Waals surface area contributed by atoms with Crippen LogP contribution >= 0.6 is 12.4 Å². The largest absolute Gasteiger partial charge is 0.402 e. The van der Waals surface area contributed by atoms with Crippen LogP contribution in [-0.2, 0) is 5.41 Å². The van der Waals surface area contributed by atoms with Crippen LogP contribution in [0.5, 0.6) is 0 Å². The SMILES string of the molecule is Cl.FC(F)(F)C1(c2ccccc2)CCC(N2C=CC=CC2)c2ccccc21. The maximum atomic E-state index is 14.5. The van der Waals surface area contributed by atoms with Crippen LogP contribution in [0.2, 0.25) is 0 Å². The summed E-state index contributed by atoms with van der Waals surface area (Å²) in [5.41, 5.74) is -0.457. The first-order valence-electron chi connectivity index (χ1n) is 8.85. The van der Waals surface area contributed by atoms with E-state index in [0.717, 1.165) is 12.1 Å². The summed E-state index contributed by atoms with van der Waals surface area (Å²) >= 11 is 0. The Morgan fingerprint density at radius 1 is 0.926 bits per heavy atom. The van der Waals surface area contributed by atoms with Crippen molar-refractivity contribution in [1.82, 2.24) is 4.90 Å². The van der Waals surface area contributed by atoms with Crippen LogP contribution in [0, 0.1) is 0 Å². The number of fused-ring (bicyclic) bond motifs is 1. The number of nitrogens with zero attached hydrogens (tertiary/aromatic N) is 1. The first-order chi connectivity index (χ1) is 12.5. The van der Waals surface area contributed by atoms with Crippen molar-refractivity contribution in [2.24, 2.45) is 0 Å². The molecule has 0 aromatic heterocycles. The molecular formula is C22H21ClF3N. The molecule has 0 saturated heterocycles. The lowest BCUT2D eigenvalue weighted by Crippen LogP contribution is -2.48. The van der Waals surface area contributed by atoms with Gasteiger partial charge in [0.15, 0.2) is 0 Å². The second-order valence-electron chi connectivity index (χ2n) is 6.88. The highest BCUT2D eigenvalue weighted by molar-refractivity contribution is 5.85. The molecule has 0 fully saturated rings. The lowest BCUT2D eigenvalue weighted by atomic mass is 9.64. The molecule has 142 valence electrons. The predicted molar refractivity (Wildman–Crippen MR) is 104 cm³/mol. The molecule has 1 aliphatic carbocycles. The summed E-state index contributed by atoms with van der Waals surface area (Å²) in [5.74, 6) is 0. The van der Waals surface area contributed by atoms with Crippen molar-refractivity contribution in [3.05, 3.63) is 95.7 Å². The van der Waals surface area contributed by atoms with Gasteiger partial charge in [-0.05, 0) is 41.8 Å². The smallest absolute Gasteiger partial charge is 0.367 e. The minimum Gasteiger partial charge on any atom is -0.367 e. The zero-order valence-electron chi connectivity index (χ0n) is 14.7. The van der Waals surface area contributed by atoms with E-state index in [-0.39, 0.29) is 24.9 Å². The van der Waals surface area contributed by atoms with Gasteiger partial charge < -0.3 is 4.90 Å². The van der Waals surface area contributed by atoms with Crippen LogP contribution in [0.4, 0.5) is 13.2 Å². The van der Waals surface area contributed by atoms with E-state index in [4.69, 9.17) is 0 Å². The summed E-state index contributed by atoms with van der Waals surface area (Å²) in [4.78, 5) is 2.13. The molecule has 4 rings (SSSR count). The Morgan fingerprint density at radius 3 is 2.30 bits per heavy atom. The number of allylic oxidation sites excluding steroid dienone is 2. The number of benzene rings is 2. The number of hydrogen-bond donors (Lipinski definition) is 0. The van der Waals surface area contributed by atoms with E-state index in [1.807, 2.05) is 36.6 Å². The van der Waals surface area contributed by atoms with Crippen molar-refractivity contribution < 1.29 is 13.2 Å². The van der Waals surface area contributed by atoms with Crippen molar-refractivity contribution in [1.29, 1.82) is 0 Å². The van der Waals surface area contributed by atoms with Crippen LogP contribution in [0.25, 0.3) is 0 Å². The van der Waals surface area contributed by atoms with Crippen LogP contribution in [-0.4, -0.2) is 17.6 Å². The maximum absolute atomic E-state index is 14.5. The Morgan fingerprint density at radius 2 is 1.63 bits per heavy atom. The zero-order chi connectivity index (χ0) is 18.2. The molecule has 0 saturated carbocycles. The summed E-state index contributed by atoms with van der Waals surface area (Å²) in [5, 5.41) is 0. The van der Waals surface area contributed by atoms with E-state index in [0.29, 0.717) is 17.5 Å². The minimum atomic E-state index is -4.35. The molecule has 0 spiro atoms. The monoisotopic (exact) mass is 391 g/mol. The Labute approximate surface area is 163 Å². The van der Waals surface area contributed by atoms with Gasteiger partial charge >= 0.3 is 6.18 Å². The predicted octanol–water partition coefficient (Wildman–Crippen LogP) is 6.18. The Balaban J connectivity index is 0.00000210. The van der Waals surface area contributed by atoms with Crippen molar-refractivity contribution in [3.8, 4) is 0 Å². The van der Waals surface area contributed by atoms with Crippen LogP contribution in [0.3, 0.4) is 0 Å². The average Bonchev–Trinajstić information content (AvgIpc) is 2.67. The van der Waals surface area contributed by atoms with Crippen molar-refractivity contribution in [2.45, 2.75) is 30.5 Å². The van der Waals surface area contributed by atoms with Crippen LogP contribution < -0.4 is 0 Å². The first-order valence-corrected chi connectivity index (χ1v) is 8.85. The highest BCUT2D eigenvalue weighted by Crippen LogP contribution is 2.55. The molecule has 2 atom stereocenters. The fraction of sp³-hybridized carbons (Fsp3) is 0.273. The Kier molecular flexibility index (Phi) is 5.38. The number of halogens is 4. The molecule has 0 bridgehead atoms. The molecular weight excluding hydrogens is 371 g/mol. The third kappa shape index (κ3) is 3.16. The normalized spacial score (nSPS) is 24.3. The van der Waals surface area contributed by atoms with Gasteiger partial charge in [-0.15, -0.1) is 12.4 Å². The molecule has 5 heteroatoms. The first kappa shape index (κ1) is 19.6. The lowest BCUT2D eigenvalue weighted by Gasteiger charge is -2.46. The molecule has 2 aromatic carbocycles. The van der Waals surface area contributed by atoms with Gasteiger partial charge in [-0.1, -0.05) is 66.7 Å². The molecule has 1 heterocycles. The summed E-state index contributed by atoms with van der Waals surface area (Å²) in [6, 6.07) is 15.4.